The van der Waals surface area contributed by atoms with Crippen LogP contribution in [0.25, 0.3) is 0 Å². The highest BCUT2D eigenvalue weighted by atomic mass is 35.5. The van der Waals surface area contributed by atoms with Gasteiger partial charge in [0.05, 0.1) is 33.9 Å². The summed E-state index contributed by atoms with van der Waals surface area (Å²) in [5.74, 6) is 4.73. The fraction of sp³-hybridized carbons (Fsp3) is 0.500. The lowest BCUT2D eigenvalue weighted by Crippen LogP contribution is -2.52. The lowest BCUT2D eigenvalue weighted by atomic mass is 9.63. The first-order chi connectivity index (χ1) is 23.4. The summed E-state index contributed by atoms with van der Waals surface area (Å²) >= 11 is 13.0. The van der Waals surface area contributed by atoms with E-state index in [0.29, 0.717) is 23.9 Å². The molecule has 1 unspecified atom stereocenters. The molecule has 2 aliphatic carbocycles. The van der Waals surface area contributed by atoms with Gasteiger partial charge in [0.1, 0.15) is 11.4 Å². The molecule has 11 heteroatoms. The summed E-state index contributed by atoms with van der Waals surface area (Å²) < 4.78 is 31.9. The van der Waals surface area contributed by atoms with Crippen LogP contribution in [0, 0.1) is 17.8 Å². The number of amides is 1. The van der Waals surface area contributed by atoms with E-state index in [4.69, 9.17) is 32.7 Å². The van der Waals surface area contributed by atoms with Crippen LogP contribution in [0.15, 0.2) is 54.7 Å². The third-order valence-corrected chi connectivity index (χ3v) is 14.7. The Bertz CT molecular complexity index is 1910. The third-order valence-electron chi connectivity index (χ3n) is 11.9. The monoisotopic (exact) mass is 724 g/mol. The number of methoxy groups -OCH3 is 1. The molecular formula is C38H46Cl2N4O4S. The number of halogens is 2. The number of ether oxygens (including phenoxy) is 2. The molecule has 1 aromatic heterocycles. The average molecular weight is 726 g/mol. The smallest absolute Gasteiger partial charge is 0.262 e. The van der Waals surface area contributed by atoms with Crippen LogP contribution >= 0.6 is 23.2 Å². The molecule has 1 saturated carbocycles. The molecule has 2 aliphatic heterocycles. The van der Waals surface area contributed by atoms with Crippen molar-refractivity contribution in [2.75, 3.05) is 31.7 Å². The van der Waals surface area contributed by atoms with Gasteiger partial charge in [-0.3, -0.25) is 9.52 Å². The molecule has 2 aromatic carbocycles. The summed E-state index contributed by atoms with van der Waals surface area (Å²) in [5.41, 5.74) is 3.71. The van der Waals surface area contributed by atoms with E-state index in [2.05, 4.69) is 44.8 Å². The zero-order chi connectivity index (χ0) is 34.7. The summed E-state index contributed by atoms with van der Waals surface area (Å²) in [7, 11) is 0.709. The number of nitrogens with zero attached hydrogens (tertiary/aromatic N) is 3. The van der Waals surface area contributed by atoms with Crippen LogP contribution in [0.3, 0.4) is 0 Å². The van der Waals surface area contributed by atoms with Gasteiger partial charge in [-0.1, -0.05) is 36.7 Å². The quantitative estimate of drug-likeness (QED) is 0.224. The number of hydrogen-bond donors (Lipinski definition) is 1. The van der Waals surface area contributed by atoms with Crippen LogP contribution in [0.5, 0.6) is 5.75 Å². The molecule has 3 aromatic rings. The molecule has 7 rings (SSSR count). The topological polar surface area (TPSA) is 85.7 Å². The lowest BCUT2D eigenvalue weighted by Gasteiger charge is -2.50. The van der Waals surface area contributed by atoms with Crippen LogP contribution in [0.1, 0.15) is 73.1 Å². The van der Waals surface area contributed by atoms with Gasteiger partial charge >= 0.3 is 0 Å². The summed E-state index contributed by atoms with van der Waals surface area (Å²) in [6.45, 7) is 5.91. The van der Waals surface area contributed by atoms with E-state index in [-0.39, 0.29) is 28.4 Å². The number of hydrogen-bond acceptors (Lipinski definition) is 6. The Balaban J connectivity index is 1.37. The first kappa shape index (κ1) is 34.5. The standard InChI is InChI=1S/C38H46Cl2N4O4S/c1-24-8-6-17-38(47-4,34-20-41-36(40)43(34)3)31-13-10-28(31)21-44-22-37(16-7-9-26-18-29(39)12-14-30(26)37)23-48-33-15-11-27(19-32(33)44)35(45)42-49(5,46)25(24)2/h6,11-12,14-15,17-20,24-25,28,31H,5,7-10,13,16,21-23H2,1-4H3,(H,42,45,46)/b17-6+/t24-,25+,28-,31+,37-,38-,49?/m0/s1. The predicted octanol–water partition coefficient (Wildman–Crippen LogP) is 7.11. The minimum absolute atomic E-state index is 0.0308. The van der Waals surface area contributed by atoms with Gasteiger partial charge in [-0.15, -0.1) is 0 Å². The first-order valence-corrected chi connectivity index (χ1v) is 19.8. The molecule has 4 aliphatic rings. The highest BCUT2D eigenvalue weighted by Gasteiger charge is 2.51. The number of rotatable bonds is 2. The van der Waals surface area contributed by atoms with Crippen LogP contribution in [0.4, 0.5) is 5.69 Å². The third kappa shape index (κ3) is 5.98. The highest BCUT2D eigenvalue weighted by Crippen LogP contribution is 2.52. The molecule has 7 atom stereocenters. The zero-order valence-corrected chi connectivity index (χ0v) is 31.0. The van der Waals surface area contributed by atoms with Gasteiger partial charge in [0, 0.05) is 54.4 Å². The molecule has 8 nitrogen and oxygen atoms in total. The van der Waals surface area contributed by atoms with Gasteiger partial charge in [0.25, 0.3) is 5.91 Å². The maximum absolute atomic E-state index is 14.0. The fourth-order valence-electron chi connectivity index (χ4n) is 8.70. The summed E-state index contributed by atoms with van der Waals surface area (Å²) in [6, 6.07) is 11.8. The number of carbonyl (C=O) groups excluding carboxylic acids is 1. The highest BCUT2D eigenvalue weighted by molar-refractivity contribution is 7.99. The molecule has 1 N–H and O–H groups in total. The molecular weight excluding hydrogens is 679 g/mol. The second-order valence-electron chi connectivity index (χ2n) is 14.7. The Morgan fingerprint density at radius 2 is 1.98 bits per heavy atom. The molecule has 3 heterocycles. The Labute approximate surface area is 300 Å². The molecule has 1 fully saturated rings. The number of benzene rings is 2. The Kier molecular flexibility index (Phi) is 9.12. The van der Waals surface area contributed by atoms with Crippen molar-refractivity contribution in [1.29, 1.82) is 0 Å². The van der Waals surface area contributed by atoms with E-state index in [9.17, 15) is 9.00 Å². The molecule has 2 bridgehead atoms. The molecule has 0 saturated heterocycles. The number of anilines is 1. The van der Waals surface area contributed by atoms with E-state index in [1.807, 2.05) is 49.9 Å². The van der Waals surface area contributed by atoms with Crippen molar-refractivity contribution in [3.63, 3.8) is 0 Å². The number of carbonyl (C=O) groups is 1. The number of allylic oxidation sites excluding steroid dienone is 1. The van der Waals surface area contributed by atoms with E-state index < -0.39 is 21.2 Å². The number of nitrogens with one attached hydrogen (secondary N) is 1. The SMILES string of the molecule is C=S1(=O)NC(=O)c2ccc3c(c2)N(C[C@@H]2CC[C@H]2[C@](OC)(c2cnc(Cl)n2C)/C=C/C[C@H](C)[C@H]1C)C[C@@]1(CCCc2cc(Cl)ccc21)CO3. The Morgan fingerprint density at radius 3 is 2.69 bits per heavy atom. The summed E-state index contributed by atoms with van der Waals surface area (Å²) in [4.78, 5) is 20.6. The predicted molar refractivity (Wildman–Crippen MR) is 198 cm³/mol. The van der Waals surface area contributed by atoms with Crippen molar-refractivity contribution in [3.05, 3.63) is 87.4 Å². The summed E-state index contributed by atoms with van der Waals surface area (Å²) in [5, 5.41) is 0.770. The van der Waals surface area contributed by atoms with Crippen molar-refractivity contribution in [2.45, 2.75) is 68.6 Å². The maximum atomic E-state index is 14.0. The maximum Gasteiger partial charge on any atom is 0.262 e. The minimum atomic E-state index is -2.99. The van der Waals surface area contributed by atoms with Crippen LogP contribution < -0.4 is 14.4 Å². The average Bonchev–Trinajstić information content (AvgIpc) is 3.32. The largest absolute Gasteiger partial charge is 0.490 e. The first-order valence-electron chi connectivity index (χ1n) is 17.3. The van der Waals surface area contributed by atoms with E-state index in [1.54, 1.807) is 13.2 Å². The van der Waals surface area contributed by atoms with Crippen molar-refractivity contribution < 1.29 is 18.5 Å². The Hall–Kier alpha value is -2.98. The van der Waals surface area contributed by atoms with Crippen molar-refractivity contribution in [3.8, 4) is 5.75 Å². The van der Waals surface area contributed by atoms with Crippen LogP contribution in [0.2, 0.25) is 10.3 Å². The van der Waals surface area contributed by atoms with Gasteiger partial charge in [0.15, 0.2) is 0 Å². The molecule has 1 spiro atoms. The van der Waals surface area contributed by atoms with Crippen LogP contribution in [-0.2, 0) is 38.9 Å². The van der Waals surface area contributed by atoms with Gasteiger partial charge in [-0.05, 0) is 116 Å². The zero-order valence-electron chi connectivity index (χ0n) is 28.7. The minimum Gasteiger partial charge on any atom is -0.490 e. The van der Waals surface area contributed by atoms with Crippen LogP contribution in [-0.4, -0.2) is 57.6 Å². The van der Waals surface area contributed by atoms with E-state index >= 15 is 0 Å². The molecule has 49 heavy (non-hydrogen) atoms. The molecule has 0 radical (unpaired) electrons. The number of aromatic nitrogens is 2. The van der Waals surface area contributed by atoms with Gasteiger partial charge in [-0.25, -0.2) is 9.19 Å². The van der Waals surface area contributed by atoms with Gasteiger partial charge in [0.2, 0.25) is 5.28 Å². The van der Waals surface area contributed by atoms with Gasteiger partial charge < -0.3 is 18.9 Å². The molecule has 1 amide bonds. The second kappa shape index (κ2) is 13.0. The van der Waals surface area contributed by atoms with E-state index in [1.165, 1.54) is 11.1 Å². The molecule has 262 valence electrons. The van der Waals surface area contributed by atoms with E-state index in [0.717, 1.165) is 67.3 Å². The summed E-state index contributed by atoms with van der Waals surface area (Å²) in [6.07, 6.45) is 11.7. The Morgan fingerprint density at radius 1 is 1.16 bits per heavy atom. The van der Waals surface area contributed by atoms with Crippen molar-refractivity contribution in [1.82, 2.24) is 14.3 Å². The lowest BCUT2D eigenvalue weighted by molar-refractivity contribution is -0.0846. The van der Waals surface area contributed by atoms with Gasteiger partial charge in [-0.2, -0.15) is 0 Å². The normalized spacial score (nSPS) is 33.8. The van der Waals surface area contributed by atoms with Crippen molar-refractivity contribution >= 4 is 50.4 Å². The fourth-order valence-corrected chi connectivity index (χ4v) is 10.5. The number of fused-ring (bicyclic) bond motifs is 4. The van der Waals surface area contributed by atoms with Crippen molar-refractivity contribution in [2.24, 2.45) is 24.8 Å². The second-order valence-corrected chi connectivity index (χ2v) is 17.9. The number of aryl methyl sites for hydroxylation is 1. The number of imidazole rings is 1.